The van der Waals surface area contributed by atoms with Crippen LogP contribution in [0.4, 0.5) is 0 Å². The Balaban J connectivity index is 2.69. The van der Waals surface area contributed by atoms with E-state index >= 15 is 0 Å². The smallest absolute Gasteiger partial charge is 0.341 e. The molecule has 0 amide bonds. The van der Waals surface area contributed by atoms with E-state index in [4.69, 9.17) is 4.74 Å². The molecule has 0 aromatic carbocycles. The molecule has 0 saturated carbocycles. The first kappa shape index (κ1) is 9.51. The highest BCUT2D eigenvalue weighted by molar-refractivity contribution is 5.95. The molecule has 0 unspecified atom stereocenters. The molecular weight excluding hydrogens is 196 g/mol. The number of rotatable bonds is 2. The first-order chi connectivity index (χ1) is 7.27. The van der Waals surface area contributed by atoms with Crippen molar-refractivity contribution < 1.29 is 14.3 Å². The normalized spacial score (nSPS) is 10.3. The predicted molar refractivity (Wildman–Crippen MR) is 53.1 cm³/mol. The average Bonchev–Trinajstić information content (AvgIpc) is 2.74. The number of nitrogens with zero attached hydrogens (tertiary/aromatic N) is 2. The third kappa shape index (κ3) is 1.41. The number of carbonyl (C=O) groups is 1. The highest BCUT2D eigenvalue weighted by Crippen LogP contribution is 2.24. The maximum Gasteiger partial charge on any atom is 0.341 e. The summed E-state index contributed by atoms with van der Waals surface area (Å²) in [6.45, 7) is 0. The van der Waals surface area contributed by atoms with Crippen LogP contribution in [-0.2, 0) is 4.74 Å². The van der Waals surface area contributed by atoms with Crippen molar-refractivity contribution in [3.05, 3.63) is 30.1 Å². The molecule has 0 radical (unpaired) electrons. The Labute approximate surface area is 86.2 Å². The van der Waals surface area contributed by atoms with Gasteiger partial charge >= 0.3 is 5.97 Å². The van der Waals surface area contributed by atoms with E-state index in [1.54, 1.807) is 29.0 Å². The zero-order valence-corrected chi connectivity index (χ0v) is 8.43. The number of carbonyl (C=O) groups excluding carboxylic acids is 1. The number of fused-ring (bicyclic) bond motifs is 1. The molecule has 2 aromatic rings. The van der Waals surface area contributed by atoms with Crippen molar-refractivity contribution in [2.75, 3.05) is 14.2 Å². The molecule has 0 bridgehead atoms. The van der Waals surface area contributed by atoms with Crippen LogP contribution >= 0.6 is 0 Å². The van der Waals surface area contributed by atoms with E-state index in [2.05, 4.69) is 9.84 Å². The quantitative estimate of drug-likeness (QED) is 0.691. The van der Waals surface area contributed by atoms with Gasteiger partial charge in [-0.2, -0.15) is 5.10 Å². The third-order valence-electron chi connectivity index (χ3n) is 2.14. The fraction of sp³-hybridized carbons (Fsp3) is 0.200. The highest BCUT2D eigenvalue weighted by Gasteiger charge is 2.15. The minimum Gasteiger partial charge on any atom is -0.494 e. The number of ether oxygens (including phenoxy) is 2. The van der Waals surface area contributed by atoms with Gasteiger partial charge in [0.15, 0.2) is 5.75 Å². The summed E-state index contributed by atoms with van der Waals surface area (Å²) >= 11 is 0. The molecule has 5 nitrogen and oxygen atoms in total. The molecule has 2 heterocycles. The van der Waals surface area contributed by atoms with Crippen molar-refractivity contribution in [1.29, 1.82) is 0 Å². The molecule has 0 spiro atoms. The molecule has 0 saturated heterocycles. The molecule has 0 fully saturated rings. The average molecular weight is 206 g/mol. The SMILES string of the molecule is COC(=O)c1ccn2nccc2c1OC. The van der Waals surface area contributed by atoms with Gasteiger partial charge in [0.1, 0.15) is 11.1 Å². The van der Waals surface area contributed by atoms with Crippen LogP contribution in [0.15, 0.2) is 24.5 Å². The molecular formula is C10H10N2O3. The summed E-state index contributed by atoms with van der Waals surface area (Å²) in [5.74, 6) is 0.0531. The highest BCUT2D eigenvalue weighted by atomic mass is 16.5. The first-order valence-corrected chi connectivity index (χ1v) is 4.36. The minimum absolute atomic E-state index is 0.396. The van der Waals surface area contributed by atoms with Gasteiger partial charge in [-0.15, -0.1) is 0 Å². The van der Waals surface area contributed by atoms with Gasteiger partial charge < -0.3 is 9.47 Å². The predicted octanol–water partition coefficient (Wildman–Crippen LogP) is 1.13. The Morgan fingerprint density at radius 2 is 2.20 bits per heavy atom. The van der Waals surface area contributed by atoms with Crippen LogP contribution in [0.25, 0.3) is 5.52 Å². The Hall–Kier alpha value is -2.04. The Morgan fingerprint density at radius 1 is 1.40 bits per heavy atom. The van der Waals surface area contributed by atoms with Gasteiger partial charge in [0, 0.05) is 6.20 Å². The van der Waals surface area contributed by atoms with E-state index in [-0.39, 0.29) is 0 Å². The van der Waals surface area contributed by atoms with E-state index in [1.165, 1.54) is 14.2 Å². The van der Waals surface area contributed by atoms with Crippen LogP contribution in [0, 0.1) is 0 Å². The number of aromatic nitrogens is 2. The lowest BCUT2D eigenvalue weighted by Gasteiger charge is -2.07. The van der Waals surface area contributed by atoms with E-state index in [0.29, 0.717) is 11.3 Å². The number of hydrogen-bond acceptors (Lipinski definition) is 4. The Bertz CT molecular complexity index is 504. The van der Waals surface area contributed by atoms with Crippen molar-refractivity contribution in [2.24, 2.45) is 0 Å². The zero-order valence-electron chi connectivity index (χ0n) is 8.43. The lowest BCUT2D eigenvalue weighted by atomic mass is 10.2. The van der Waals surface area contributed by atoms with Crippen molar-refractivity contribution in [3.8, 4) is 5.75 Å². The van der Waals surface area contributed by atoms with Crippen LogP contribution < -0.4 is 4.74 Å². The number of methoxy groups -OCH3 is 2. The molecule has 78 valence electrons. The summed E-state index contributed by atoms with van der Waals surface area (Å²) in [6.07, 6.45) is 3.32. The minimum atomic E-state index is -0.421. The van der Waals surface area contributed by atoms with Crippen LogP contribution in [0.1, 0.15) is 10.4 Å². The van der Waals surface area contributed by atoms with Gasteiger partial charge in [-0.25, -0.2) is 9.31 Å². The van der Waals surface area contributed by atoms with E-state index < -0.39 is 5.97 Å². The van der Waals surface area contributed by atoms with Gasteiger partial charge in [-0.1, -0.05) is 0 Å². The largest absolute Gasteiger partial charge is 0.494 e. The third-order valence-corrected chi connectivity index (χ3v) is 2.14. The van der Waals surface area contributed by atoms with Gasteiger partial charge in [0.05, 0.1) is 20.4 Å². The zero-order chi connectivity index (χ0) is 10.8. The van der Waals surface area contributed by atoms with Crippen LogP contribution in [0.5, 0.6) is 5.75 Å². The van der Waals surface area contributed by atoms with Crippen molar-refractivity contribution in [3.63, 3.8) is 0 Å². The van der Waals surface area contributed by atoms with Crippen LogP contribution in [-0.4, -0.2) is 29.8 Å². The van der Waals surface area contributed by atoms with Crippen LogP contribution in [0.3, 0.4) is 0 Å². The fourth-order valence-electron chi connectivity index (χ4n) is 1.46. The summed E-state index contributed by atoms with van der Waals surface area (Å²) in [4.78, 5) is 11.4. The molecule has 15 heavy (non-hydrogen) atoms. The van der Waals surface area contributed by atoms with E-state index in [0.717, 1.165) is 5.52 Å². The summed E-state index contributed by atoms with van der Waals surface area (Å²) in [7, 11) is 2.84. The molecule has 2 aromatic heterocycles. The van der Waals surface area contributed by atoms with Gasteiger partial charge in [0.2, 0.25) is 0 Å². The molecule has 0 N–H and O–H groups in total. The number of pyridine rings is 1. The molecule has 5 heteroatoms. The summed E-state index contributed by atoms with van der Waals surface area (Å²) in [6, 6.07) is 3.38. The van der Waals surface area contributed by atoms with E-state index in [1.807, 2.05) is 0 Å². The van der Waals surface area contributed by atoms with Gasteiger partial charge in [-0.3, -0.25) is 0 Å². The van der Waals surface area contributed by atoms with Crippen molar-refractivity contribution in [1.82, 2.24) is 9.61 Å². The summed E-state index contributed by atoms with van der Waals surface area (Å²) in [5.41, 5.74) is 1.13. The molecule has 0 aliphatic heterocycles. The fourth-order valence-corrected chi connectivity index (χ4v) is 1.46. The Morgan fingerprint density at radius 3 is 2.87 bits per heavy atom. The summed E-state index contributed by atoms with van der Waals surface area (Å²) < 4.78 is 11.5. The second kappa shape index (κ2) is 3.61. The molecule has 0 atom stereocenters. The monoisotopic (exact) mass is 206 g/mol. The number of esters is 1. The number of hydrogen-bond donors (Lipinski definition) is 0. The van der Waals surface area contributed by atoms with Gasteiger partial charge in [0.25, 0.3) is 0 Å². The van der Waals surface area contributed by atoms with Crippen molar-refractivity contribution >= 4 is 11.5 Å². The molecule has 0 aliphatic rings. The lowest BCUT2D eigenvalue weighted by Crippen LogP contribution is -2.05. The van der Waals surface area contributed by atoms with Crippen LogP contribution in [0.2, 0.25) is 0 Å². The topological polar surface area (TPSA) is 52.8 Å². The standard InChI is InChI=1S/C10H10N2O3/c1-14-9-7(10(13)15-2)4-6-12-8(9)3-5-11-12/h3-6H,1-2H3. The Kier molecular flexibility index (Phi) is 2.29. The molecule has 0 aliphatic carbocycles. The molecule has 2 rings (SSSR count). The van der Waals surface area contributed by atoms with Gasteiger partial charge in [-0.05, 0) is 12.1 Å². The maximum atomic E-state index is 11.4. The second-order valence-electron chi connectivity index (χ2n) is 2.92. The second-order valence-corrected chi connectivity index (χ2v) is 2.92. The van der Waals surface area contributed by atoms with Crippen molar-refractivity contribution in [2.45, 2.75) is 0 Å². The first-order valence-electron chi connectivity index (χ1n) is 4.36. The lowest BCUT2D eigenvalue weighted by molar-refractivity contribution is 0.0597. The maximum absolute atomic E-state index is 11.4. The van der Waals surface area contributed by atoms with E-state index in [9.17, 15) is 4.79 Å². The summed E-state index contributed by atoms with van der Waals surface area (Å²) in [5, 5.41) is 4.04.